The molecule has 1 atom stereocenters. The highest BCUT2D eigenvalue weighted by Crippen LogP contribution is 2.30. The van der Waals surface area contributed by atoms with Gasteiger partial charge in [0.05, 0.1) is 19.3 Å². The number of amides is 2. The second-order valence-corrected chi connectivity index (χ2v) is 7.75. The zero-order valence-corrected chi connectivity index (χ0v) is 17.3. The number of hydrogen-bond donors (Lipinski definition) is 1. The Hall–Kier alpha value is -2.12. The normalized spacial score (nSPS) is 19.0. The Labute approximate surface area is 172 Å². The van der Waals surface area contributed by atoms with E-state index in [2.05, 4.69) is 0 Å². The maximum absolute atomic E-state index is 12.5. The minimum Gasteiger partial charge on any atom is -0.494 e. The van der Waals surface area contributed by atoms with E-state index in [1.165, 1.54) is 0 Å². The van der Waals surface area contributed by atoms with E-state index in [0.29, 0.717) is 39.0 Å². The van der Waals surface area contributed by atoms with Crippen LogP contribution in [0.25, 0.3) is 0 Å². The summed E-state index contributed by atoms with van der Waals surface area (Å²) >= 11 is 0. The largest absolute Gasteiger partial charge is 0.494 e. The van der Waals surface area contributed by atoms with Crippen molar-refractivity contribution >= 4 is 17.5 Å². The van der Waals surface area contributed by atoms with Gasteiger partial charge in [-0.25, -0.2) is 0 Å². The summed E-state index contributed by atoms with van der Waals surface area (Å²) in [7, 11) is 1.79. The van der Waals surface area contributed by atoms with Gasteiger partial charge >= 0.3 is 0 Å². The number of benzene rings is 1. The van der Waals surface area contributed by atoms with Crippen LogP contribution in [-0.2, 0) is 20.7 Å². The van der Waals surface area contributed by atoms with Crippen molar-refractivity contribution in [2.24, 2.45) is 0 Å². The number of anilines is 1. The Bertz CT molecular complexity index is 702. The lowest BCUT2D eigenvalue weighted by molar-refractivity contribution is -0.134. The zero-order chi connectivity index (χ0) is 20.6. The molecule has 29 heavy (non-hydrogen) atoms. The van der Waals surface area contributed by atoms with E-state index in [0.717, 1.165) is 49.3 Å². The first kappa shape index (κ1) is 21.6. The third-order valence-electron chi connectivity index (χ3n) is 5.62. The SMILES string of the molecule is CN1C(=O)CCc2cc(OCCCC(=O)N(CCO)CC3CCCCO3)ccc21. The number of fused-ring (bicyclic) bond motifs is 1. The van der Waals surface area contributed by atoms with Crippen LogP contribution >= 0.6 is 0 Å². The van der Waals surface area contributed by atoms with E-state index in [4.69, 9.17) is 9.47 Å². The summed E-state index contributed by atoms with van der Waals surface area (Å²) in [5.41, 5.74) is 2.05. The van der Waals surface area contributed by atoms with Crippen molar-refractivity contribution in [2.75, 3.05) is 44.9 Å². The Morgan fingerprint density at radius 2 is 2.21 bits per heavy atom. The first-order valence-corrected chi connectivity index (χ1v) is 10.6. The van der Waals surface area contributed by atoms with Gasteiger partial charge < -0.3 is 24.4 Å². The molecule has 160 valence electrons. The predicted molar refractivity (Wildman–Crippen MR) is 110 cm³/mol. The van der Waals surface area contributed by atoms with E-state index in [1.54, 1.807) is 16.8 Å². The van der Waals surface area contributed by atoms with E-state index >= 15 is 0 Å². The lowest BCUT2D eigenvalue weighted by Crippen LogP contribution is -2.41. The topological polar surface area (TPSA) is 79.3 Å². The number of aryl methyl sites for hydroxylation is 1. The van der Waals surface area contributed by atoms with Crippen LogP contribution in [0.1, 0.15) is 44.1 Å². The summed E-state index contributed by atoms with van der Waals surface area (Å²) in [5, 5.41) is 9.28. The highest BCUT2D eigenvalue weighted by atomic mass is 16.5. The molecule has 1 saturated heterocycles. The fourth-order valence-electron chi connectivity index (χ4n) is 3.93. The molecule has 1 aromatic carbocycles. The second kappa shape index (κ2) is 10.6. The van der Waals surface area contributed by atoms with Crippen LogP contribution < -0.4 is 9.64 Å². The Morgan fingerprint density at radius 3 is 2.97 bits per heavy atom. The van der Waals surface area contributed by atoms with Crippen LogP contribution in [0.2, 0.25) is 0 Å². The smallest absolute Gasteiger partial charge is 0.227 e. The molecule has 2 aliphatic heterocycles. The number of aliphatic hydroxyl groups excluding tert-OH is 1. The summed E-state index contributed by atoms with van der Waals surface area (Å²) in [4.78, 5) is 27.7. The molecule has 0 bridgehead atoms. The van der Waals surface area contributed by atoms with Crippen molar-refractivity contribution in [1.82, 2.24) is 4.90 Å². The molecule has 0 aliphatic carbocycles. The minimum absolute atomic E-state index is 0.0300. The fourth-order valence-corrected chi connectivity index (χ4v) is 3.93. The van der Waals surface area contributed by atoms with E-state index in [-0.39, 0.29) is 24.5 Å². The van der Waals surface area contributed by atoms with Gasteiger partial charge in [-0.1, -0.05) is 0 Å². The average molecular weight is 405 g/mol. The van der Waals surface area contributed by atoms with Crippen molar-refractivity contribution in [2.45, 2.75) is 51.0 Å². The van der Waals surface area contributed by atoms with Gasteiger partial charge in [-0.05, 0) is 55.9 Å². The van der Waals surface area contributed by atoms with Crippen molar-refractivity contribution in [3.8, 4) is 5.75 Å². The quantitative estimate of drug-likeness (QED) is 0.638. The lowest BCUT2D eigenvalue weighted by Gasteiger charge is -2.29. The van der Waals surface area contributed by atoms with Crippen LogP contribution in [-0.4, -0.2) is 67.9 Å². The molecule has 0 spiro atoms. The van der Waals surface area contributed by atoms with Crippen LogP contribution in [0, 0.1) is 0 Å². The standard InChI is InChI=1S/C22H32N2O5/c1-23-20-9-8-18(15-17(20)7-10-21(23)26)28-14-4-6-22(27)24(11-12-25)16-19-5-2-3-13-29-19/h8-9,15,19,25H,2-7,10-14,16H2,1H3. The molecule has 0 radical (unpaired) electrons. The van der Waals surface area contributed by atoms with Crippen molar-refractivity contribution in [3.63, 3.8) is 0 Å². The predicted octanol–water partition coefficient (Wildman–Crippen LogP) is 2.14. The molecule has 0 saturated carbocycles. The molecule has 1 unspecified atom stereocenters. The summed E-state index contributed by atoms with van der Waals surface area (Å²) in [5.74, 6) is 0.930. The fraction of sp³-hybridized carbons (Fsp3) is 0.636. The van der Waals surface area contributed by atoms with Gasteiger partial charge in [0.2, 0.25) is 11.8 Å². The molecule has 1 N–H and O–H groups in total. The summed E-state index contributed by atoms with van der Waals surface area (Å²) < 4.78 is 11.5. The Balaban J connectivity index is 1.44. The van der Waals surface area contributed by atoms with Gasteiger partial charge in [0, 0.05) is 45.3 Å². The minimum atomic E-state index is -0.0406. The third-order valence-corrected chi connectivity index (χ3v) is 5.62. The first-order valence-electron chi connectivity index (χ1n) is 10.6. The molecule has 0 aromatic heterocycles. The van der Waals surface area contributed by atoms with Gasteiger partial charge in [0.15, 0.2) is 0 Å². The Morgan fingerprint density at radius 1 is 1.34 bits per heavy atom. The first-order chi connectivity index (χ1) is 14.1. The second-order valence-electron chi connectivity index (χ2n) is 7.75. The van der Waals surface area contributed by atoms with Gasteiger partial charge in [-0.15, -0.1) is 0 Å². The van der Waals surface area contributed by atoms with Crippen LogP contribution in [0.3, 0.4) is 0 Å². The summed E-state index contributed by atoms with van der Waals surface area (Å²) in [6.45, 7) is 2.06. The van der Waals surface area contributed by atoms with Gasteiger partial charge in [0.1, 0.15) is 5.75 Å². The molecule has 2 aliphatic rings. The maximum atomic E-state index is 12.5. The molecule has 7 nitrogen and oxygen atoms in total. The average Bonchev–Trinajstić information content (AvgIpc) is 2.74. The molecule has 2 heterocycles. The number of hydrogen-bond acceptors (Lipinski definition) is 5. The van der Waals surface area contributed by atoms with E-state index in [1.807, 2.05) is 18.2 Å². The molecular formula is C22H32N2O5. The molecular weight excluding hydrogens is 372 g/mol. The number of nitrogens with zero attached hydrogens (tertiary/aromatic N) is 2. The van der Waals surface area contributed by atoms with Gasteiger partial charge in [0.25, 0.3) is 0 Å². The van der Waals surface area contributed by atoms with E-state index in [9.17, 15) is 14.7 Å². The van der Waals surface area contributed by atoms with Gasteiger partial charge in [-0.3, -0.25) is 9.59 Å². The maximum Gasteiger partial charge on any atom is 0.227 e. The number of ether oxygens (including phenoxy) is 2. The number of aliphatic hydroxyl groups is 1. The van der Waals surface area contributed by atoms with Crippen molar-refractivity contribution < 1.29 is 24.2 Å². The Kier molecular flexibility index (Phi) is 7.89. The zero-order valence-electron chi connectivity index (χ0n) is 17.3. The highest BCUT2D eigenvalue weighted by molar-refractivity contribution is 5.95. The molecule has 3 rings (SSSR count). The van der Waals surface area contributed by atoms with Crippen LogP contribution in [0.5, 0.6) is 5.75 Å². The monoisotopic (exact) mass is 404 g/mol. The lowest BCUT2D eigenvalue weighted by atomic mass is 10.0. The third kappa shape index (κ3) is 5.93. The summed E-state index contributed by atoms with van der Waals surface area (Å²) in [6.07, 6.45) is 5.51. The number of carbonyl (C=O) groups is 2. The van der Waals surface area contributed by atoms with E-state index < -0.39 is 0 Å². The molecule has 1 aromatic rings. The van der Waals surface area contributed by atoms with Crippen LogP contribution in [0.15, 0.2) is 18.2 Å². The molecule has 7 heteroatoms. The van der Waals surface area contributed by atoms with Crippen molar-refractivity contribution in [1.29, 1.82) is 0 Å². The molecule has 2 amide bonds. The summed E-state index contributed by atoms with van der Waals surface area (Å²) in [6, 6.07) is 5.77. The number of rotatable bonds is 9. The molecule has 1 fully saturated rings. The van der Waals surface area contributed by atoms with Gasteiger partial charge in [-0.2, -0.15) is 0 Å². The van der Waals surface area contributed by atoms with Crippen LogP contribution in [0.4, 0.5) is 5.69 Å². The number of carbonyl (C=O) groups excluding carboxylic acids is 2. The van der Waals surface area contributed by atoms with Crippen molar-refractivity contribution in [3.05, 3.63) is 23.8 Å². The highest BCUT2D eigenvalue weighted by Gasteiger charge is 2.22.